The number of imidazole rings is 2. The Hall–Kier alpha value is -5.74. The van der Waals surface area contributed by atoms with E-state index in [1.807, 2.05) is 49.9 Å². The molecule has 10 unspecified atom stereocenters. The van der Waals surface area contributed by atoms with E-state index in [2.05, 4.69) is 83.0 Å². The maximum absolute atomic E-state index is 14.4. The van der Waals surface area contributed by atoms with E-state index in [1.54, 1.807) is 0 Å². The van der Waals surface area contributed by atoms with Crippen molar-refractivity contribution in [3.05, 3.63) is 72.6 Å². The molecular formula is C50H66N8O8. The van der Waals surface area contributed by atoms with Crippen LogP contribution >= 0.6 is 0 Å². The van der Waals surface area contributed by atoms with Crippen LogP contribution in [0.5, 0.6) is 0 Å². The zero-order valence-electron chi connectivity index (χ0n) is 39.4. The van der Waals surface area contributed by atoms with Crippen LogP contribution in [0.1, 0.15) is 117 Å². The molecule has 0 spiro atoms. The molecule has 4 fully saturated rings. The van der Waals surface area contributed by atoms with Gasteiger partial charge in [-0.15, -0.1) is 0 Å². The lowest BCUT2D eigenvalue weighted by atomic mass is 9.85. The molecule has 16 heteroatoms. The summed E-state index contributed by atoms with van der Waals surface area (Å²) in [5.41, 5.74) is 5.74. The highest BCUT2D eigenvalue weighted by Gasteiger charge is 2.46. The van der Waals surface area contributed by atoms with Gasteiger partial charge < -0.3 is 49.3 Å². The fourth-order valence-electron chi connectivity index (χ4n) is 11.2. The Kier molecular flexibility index (Phi) is 14.2. The van der Waals surface area contributed by atoms with Gasteiger partial charge in [-0.1, -0.05) is 48.5 Å². The molecule has 6 heterocycles. The number of ether oxygens (including phenoxy) is 4. The number of hydrogen-bond acceptors (Lipinski definition) is 10. The molecule has 10 atom stereocenters. The Labute approximate surface area is 387 Å². The van der Waals surface area contributed by atoms with Crippen LogP contribution in [0.15, 0.2) is 60.9 Å². The summed E-state index contributed by atoms with van der Waals surface area (Å²) in [5, 5.41) is 5.75. The number of aromatic nitrogens is 4. The van der Waals surface area contributed by atoms with Crippen molar-refractivity contribution in [1.82, 2.24) is 40.4 Å². The van der Waals surface area contributed by atoms with E-state index in [9.17, 15) is 19.2 Å². The maximum Gasteiger partial charge on any atom is 0.407 e. The molecule has 8 rings (SSSR count). The number of aromatic amines is 2. The molecule has 2 aromatic carbocycles. The van der Waals surface area contributed by atoms with Crippen LogP contribution in [0, 0.1) is 11.8 Å². The van der Waals surface area contributed by atoms with Crippen molar-refractivity contribution in [2.24, 2.45) is 11.8 Å². The minimum atomic E-state index is -0.737. The Morgan fingerprint density at radius 1 is 0.561 bits per heavy atom. The highest BCUT2D eigenvalue weighted by atomic mass is 16.5. The third kappa shape index (κ3) is 9.99. The predicted octanol–water partition coefficient (Wildman–Crippen LogP) is 8.09. The van der Waals surface area contributed by atoms with Gasteiger partial charge in [0.25, 0.3) is 0 Å². The highest BCUT2D eigenvalue weighted by Crippen LogP contribution is 2.40. The van der Waals surface area contributed by atoms with E-state index in [-0.39, 0.29) is 72.2 Å². The summed E-state index contributed by atoms with van der Waals surface area (Å²) in [6, 6.07) is 14.5. The molecule has 0 saturated carbocycles. The Balaban J connectivity index is 0.936. The van der Waals surface area contributed by atoms with Crippen LogP contribution in [0.3, 0.4) is 0 Å². The topological polar surface area (TPSA) is 193 Å². The molecule has 0 radical (unpaired) electrons. The van der Waals surface area contributed by atoms with Crippen molar-refractivity contribution in [3.8, 4) is 33.6 Å². The molecule has 0 aliphatic carbocycles. The summed E-state index contributed by atoms with van der Waals surface area (Å²) in [5.74, 6) is 1.01. The number of rotatable bonds is 11. The molecule has 354 valence electrons. The second-order valence-corrected chi connectivity index (χ2v) is 19.1. The second-order valence-electron chi connectivity index (χ2n) is 19.1. The summed E-state index contributed by atoms with van der Waals surface area (Å²) in [4.78, 5) is 74.3. The van der Waals surface area contributed by atoms with E-state index in [4.69, 9.17) is 28.9 Å². The number of nitrogens with zero attached hydrogens (tertiary/aromatic N) is 4. The first-order chi connectivity index (χ1) is 31.7. The van der Waals surface area contributed by atoms with Crippen molar-refractivity contribution < 1.29 is 38.1 Å². The summed E-state index contributed by atoms with van der Waals surface area (Å²) in [6.07, 6.45) is 8.10. The first-order valence-electron chi connectivity index (χ1n) is 23.7. The molecule has 66 heavy (non-hydrogen) atoms. The molecule has 4 aliphatic heterocycles. The molecule has 4 aromatic rings. The number of methoxy groups -OCH3 is 2. The fraction of sp³-hybridized carbons (Fsp3) is 0.560. The van der Waals surface area contributed by atoms with Crippen molar-refractivity contribution in [1.29, 1.82) is 0 Å². The molecule has 0 bridgehead atoms. The van der Waals surface area contributed by atoms with Gasteiger partial charge in [-0.3, -0.25) is 9.59 Å². The summed E-state index contributed by atoms with van der Waals surface area (Å²) in [6.45, 7) is 12.1. The summed E-state index contributed by atoms with van der Waals surface area (Å²) in [7, 11) is 2.63. The van der Waals surface area contributed by atoms with Gasteiger partial charge in [0.15, 0.2) is 0 Å². The number of amides is 4. The normalized spacial score (nSPS) is 28.7. The van der Waals surface area contributed by atoms with Crippen LogP contribution in [-0.2, 0) is 28.5 Å². The minimum Gasteiger partial charge on any atom is -0.453 e. The quantitative estimate of drug-likeness (QED) is 0.114. The Morgan fingerprint density at radius 2 is 0.894 bits per heavy atom. The van der Waals surface area contributed by atoms with Gasteiger partial charge in [-0.2, -0.15) is 0 Å². The van der Waals surface area contributed by atoms with Crippen LogP contribution in [0.4, 0.5) is 9.59 Å². The lowest BCUT2D eigenvalue weighted by Crippen LogP contribution is -2.55. The highest BCUT2D eigenvalue weighted by molar-refractivity contribution is 5.88. The Morgan fingerprint density at radius 3 is 1.23 bits per heavy atom. The SMILES string of the molecule is COC(=O)NC(C(=O)N1C(C)CCC1c1ncc(-c2ccc(-c3ccc(-c4cnc(C5CCC(C)N5C(=O)C(NC(=O)OC)C5CC(C)OC(C)C5)[nH]4)cc3)cc2)[nH]1)C1CC(C)OC(C)C1. The number of hydrogen-bond donors (Lipinski definition) is 4. The van der Waals surface area contributed by atoms with Crippen LogP contribution in [0.2, 0.25) is 0 Å². The third-order valence-corrected chi connectivity index (χ3v) is 14.3. The van der Waals surface area contributed by atoms with E-state index >= 15 is 0 Å². The first kappa shape index (κ1) is 46.8. The standard InChI is InChI=1S/C50H66N8O8/c1-27-9-19-41(57(27)47(59)43(55-49(61)63-7)37-21-29(3)65-30(4)22-37)45-51-25-39(53-45)35-15-11-33(12-16-35)34-13-17-36(18-14-34)40-26-52-46(54-40)42-20-10-28(2)58(42)48(60)44(56-50(62)64-8)38-23-31(5)66-32(6)24-38/h11-18,25-32,37-38,41-44H,9-10,19-24H2,1-8H3,(H,51,53)(H,52,54)(H,55,61)(H,56,62). The number of benzene rings is 2. The molecule has 4 saturated heterocycles. The van der Waals surface area contributed by atoms with Crippen LogP contribution in [0.25, 0.3) is 33.6 Å². The molecule has 2 aromatic heterocycles. The molecule has 4 aliphatic rings. The fourth-order valence-corrected chi connectivity index (χ4v) is 11.2. The molecule has 4 N–H and O–H groups in total. The third-order valence-electron chi connectivity index (χ3n) is 14.3. The van der Waals surface area contributed by atoms with Crippen LogP contribution in [-0.4, -0.2) is 117 Å². The van der Waals surface area contributed by atoms with Gasteiger partial charge in [0.1, 0.15) is 23.7 Å². The second kappa shape index (κ2) is 20.0. The Bertz CT molecular complexity index is 2150. The average molecular weight is 907 g/mol. The van der Waals surface area contributed by atoms with Crippen molar-refractivity contribution in [2.45, 2.75) is 154 Å². The number of likely N-dealkylation sites (tertiary alicyclic amines) is 2. The number of nitrogens with one attached hydrogen (secondary N) is 4. The molecule has 16 nitrogen and oxygen atoms in total. The number of carbonyl (C=O) groups is 4. The number of carbonyl (C=O) groups excluding carboxylic acids is 4. The maximum atomic E-state index is 14.4. The van der Waals surface area contributed by atoms with Crippen molar-refractivity contribution >= 4 is 24.0 Å². The van der Waals surface area contributed by atoms with Gasteiger partial charge in [0.2, 0.25) is 11.8 Å². The molecule has 4 amide bonds. The van der Waals surface area contributed by atoms with Crippen LogP contribution < -0.4 is 10.6 Å². The van der Waals surface area contributed by atoms with Crippen molar-refractivity contribution in [3.63, 3.8) is 0 Å². The summed E-state index contributed by atoms with van der Waals surface area (Å²) >= 11 is 0. The lowest BCUT2D eigenvalue weighted by molar-refractivity contribution is -0.141. The van der Waals surface area contributed by atoms with E-state index in [0.717, 1.165) is 71.0 Å². The van der Waals surface area contributed by atoms with E-state index in [1.165, 1.54) is 14.2 Å². The van der Waals surface area contributed by atoms with E-state index in [0.29, 0.717) is 25.7 Å². The first-order valence-corrected chi connectivity index (χ1v) is 23.7. The minimum absolute atomic E-state index is 0.0242. The molecular weight excluding hydrogens is 841 g/mol. The van der Waals surface area contributed by atoms with E-state index < -0.39 is 24.3 Å². The van der Waals surface area contributed by atoms with Gasteiger partial charge >= 0.3 is 12.2 Å². The average Bonchev–Trinajstić information content (AvgIpc) is 4.13. The largest absolute Gasteiger partial charge is 0.453 e. The van der Waals surface area contributed by atoms with Gasteiger partial charge in [0, 0.05) is 12.1 Å². The summed E-state index contributed by atoms with van der Waals surface area (Å²) < 4.78 is 21.8. The van der Waals surface area contributed by atoms with Crippen molar-refractivity contribution in [2.75, 3.05) is 14.2 Å². The van der Waals surface area contributed by atoms with Gasteiger partial charge in [0.05, 0.1) is 74.5 Å². The number of H-pyrrole nitrogens is 2. The van der Waals surface area contributed by atoms with Gasteiger partial charge in [-0.25, -0.2) is 19.6 Å². The zero-order valence-corrected chi connectivity index (χ0v) is 39.4. The predicted molar refractivity (Wildman–Crippen MR) is 248 cm³/mol. The van der Waals surface area contributed by atoms with Gasteiger partial charge in [-0.05, 0) is 127 Å². The smallest absolute Gasteiger partial charge is 0.407 e. The lowest BCUT2D eigenvalue weighted by Gasteiger charge is -2.39. The zero-order chi connectivity index (χ0) is 46.8. The monoisotopic (exact) mass is 907 g/mol. The number of alkyl carbamates (subject to hydrolysis) is 2.